The standard InChI is InChI=1S/C10H9F2NO/c1-10(14,9(11)12)8-4-2-7(6-13)3-5-8/h2-5,9,14H,1H3. The Hall–Kier alpha value is -1.47. The molecule has 0 fully saturated rings. The van der Waals surface area contributed by atoms with Gasteiger partial charge < -0.3 is 5.11 Å². The summed E-state index contributed by atoms with van der Waals surface area (Å²) in [7, 11) is 0. The van der Waals surface area contributed by atoms with Gasteiger partial charge in [0.15, 0.2) is 0 Å². The predicted octanol–water partition coefficient (Wildman–Crippen LogP) is 2.03. The first-order valence-electron chi connectivity index (χ1n) is 3.99. The van der Waals surface area contributed by atoms with Crippen LogP contribution >= 0.6 is 0 Å². The van der Waals surface area contributed by atoms with E-state index in [-0.39, 0.29) is 5.56 Å². The van der Waals surface area contributed by atoms with Crippen molar-refractivity contribution in [1.29, 1.82) is 5.26 Å². The fourth-order valence-electron chi connectivity index (χ4n) is 1.01. The van der Waals surface area contributed by atoms with Crippen LogP contribution in [-0.4, -0.2) is 11.5 Å². The molecule has 14 heavy (non-hydrogen) atoms. The van der Waals surface area contributed by atoms with E-state index in [0.29, 0.717) is 5.56 Å². The van der Waals surface area contributed by atoms with E-state index in [2.05, 4.69) is 0 Å². The van der Waals surface area contributed by atoms with Crippen molar-refractivity contribution in [2.24, 2.45) is 0 Å². The lowest BCUT2D eigenvalue weighted by molar-refractivity contribution is -0.0883. The summed E-state index contributed by atoms with van der Waals surface area (Å²) in [6.45, 7) is 1.04. The lowest BCUT2D eigenvalue weighted by Crippen LogP contribution is -2.30. The molecule has 0 aromatic heterocycles. The van der Waals surface area contributed by atoms with E-state index in [9.17, 15) is 13.9 Å². The molecule has 0 saturated heterocycles. The van der Waals surface area contributed by atoms with Crippen molar-refractivity contribution < 1.29 is 13.9 Å². The molecule has 4 heteroatoms. The maximum Gasteiger partial charge on any atom is 0.270 e. The third kappa shape index (κ3) is 1.88. The highest BCUT2D eigenvalue weighted by Crippen LogP contribution is 2.27. The monoisotopic (exact) mass is 197 g/mol. The number of nitrogens with zero attached hydrogens (tertiary/aromatic N) is 1. The summed E-state index contributed by atoms with van der Waals surface area (Å²) in [5, 5.41) is 17.9. The molecule has 1 N–H and O–H groups in total. The largest absolute Gasteiger partial charge is 0.379 e. The summed E-state index contributed by atoms with van der Waals surface area (Å²) < 4.78 is 24.7. The molecule has 0 radical (unpaired) electrons. The van der Waals surface area contributed by atoms with E-state index in [1.165, 1.54) is 24.3 Å². The molecule has 0 bridgehead atoms. The summed E-state index contributed by atoms with van der Waals surface area (Å²) in [4.78, 5) is 0. The van der Waals surface area contributed by atoms with E-state index in [0.717, 1.165) is 6.92 Å². The van der Waals surface area contributed by atoms with Gasteiger partial charge in [-0.15, -0.1) is 0 Å². The predicted molar refractivity (Wildman–Crippen MR) is 46.7 cm³/mol. The van der Waals surface area contributed by atoms with Gasteiger partial charge in [-0.25, -0.2) is 8.78 Å². The molecule has 0 aliphatic carbocycles. The van der Waals surface area contributed by atoms with Gasteiger partial charge in [0.25, 0.3) is 6.43 Å². The SMILES string of the molecule is CC(O)(c1ccc(C#N)cc1)C(F)F. The van der Waals surface area contributed by atoms with Crippen molar-refractivity contribution in [3.8, 4) is 6.07 Å². The highest BCUT2D eigenvalue weighted by atomic mass is 19.3. The number of halogens is 2. The van der Waals surface area contributed by atoms with Crippen molar-refractivity contribution in [3.05, 3.63) is 35.4 Å². The van der Waals surface area contributed by atoms with Gasteiger partial charge in [-0.05, 0) is 24.6 Å². The molecule has 1 unspecified atom stereocenters. The van der Waals surface area contributed by atoms with Crippen LogP contribution in [0.4, 0.5) is 8.78 Å². The summed E-state index contributed by atoms with van der Waals surface area (Å²) in [6.07, 6.45) is -2.85. The van der Waals surface area contributed by atoms with E-state index >= 15 is 0 Å². The first-order chi connectivity index (χ1) is 6.48. The highest BCUT2D eigenvalue weighted by molar-refractivity contribution is 5.34. The number of nitriles is 1. The van der Waals surface area contributed by atoms with Gasteiger partial charge in [-0.2, -0.15) is 5.26 Å². The molecule has 74 valence electrons. The van der Waals surface area contributed by atoms with Crippen LogP contribution in [0.1, 0.15) is 18.1 Å². The van der Waals surface area contributed by atoms with Gasteiger partial charge >= 0.3 is 0 Å². The average molecular weight is 197 g/mol. The lowest BCUT2D eigenvalue weighted by atomic mass is 9.96. The second-order valence-corrected chi connectivity index (χ2v) is 3.14. The Morgan fingerprint density at radius 1 is 1.36 bits per heavy atom. The van der Waals surface area contributed by atoms with Gasteiger partial charge in [0, 0.05) is 0 Å². The number of hydrogen-bond donors (Lipinski definition) is 1. The average Bonchev–Trinajstić information content (AvgIpc) is 2.17. The summed E-state index contributed by atoms with van der Waals surface area (Å²) in [5.74, 6) is 0. The van der Waals surface area contributed by atoms with E-state index in [1.807, 2.05) is 6.07 Å². The quantitative estimate of drug-likeness (QED) is 0.788. The molecular formula is C10H9F2NO. The Morgan fingerprint density at radius 2 is 1.86 bits per heavy atom. The molecule has 1 aromatic carbocycles. The minimum absolute atomic E-state index is 0.103. The summed E-state index contributed by atoms with van der Waals surface area (Å²) in [5.41, 5.74) is -1.68. The fourth-order valence-corrected chi connectivity index (χ4v) is 1.01. The van der Waals surface area contributed by atoms with Crippen LogP contribution in [0.25, 0.3) is 0 Å². The summed E-state index contributed by atoms with van der Waals surface area (Å²) >= 11 is 0. The van der Waals surface area contributed by atoms with Crippen molar-refractivity contribution in [2.75, 3.05) is 0 Å². The second kappa shape index (κ2) is 3.72. The normalized spacial score (nSPS) is 14.9. The zero-order valence-electron chi connectivity index (χ0n) is 7.54. The number of hydrogen-bond acceptors (Lipinski definition) is 2. The maximum absolute atomic E-state index is 12.4. The molecule has 1 rings (SSSR count). The van der Waals surface area contributed by atoms with Crippen LogP contribution in [0.2, 0.25) is 0 Å². The Bertz CT molecular complexity index is 351. The zero-order valence-corrected chi connectivity index (χ0v) is 7.54. The van der Waals surface area contributed by atoms with Gasteiger partial charge in [0.1, 0.15) is 5.60 Å². The number of benzene rings is 1. The third-order valence-electron chi connectivity index (χ3n) is 2.02. The molecule has 1 atom stereocenters. The number of rotatable bonds is 2. The zero-order chi connectivity index (χ0) is 10.8. The molecule has 0 heterocycles. The fraction of sp³-hybridized carbons (Fsp3) is 0.300. The van der Waals surface area contributed by atoms with Crippen molar-refractivity contribution in [3.63, 3.8) is 0 Å². The van der Waals surface area contributed by atoms with Crippen LogP contribution in [0.5, 0.6) is 0 Å². The van der Waals surface area contributed by atoms with Gasteiger partial charge in [0.05, 0.1) is 11.6 Å². The van der Waals surface area contributed by atoms with Gasteiger partial charge in [-0.3, -0.25) is 0 Å². The van der Waals surface area contributed by atoms with Crippen LogP contribution in [0.15, 0.2) is 24.3 Å². The van der Waals surface area contributed by atoms with Crippen LogP contribution < -0.4 is 0 Å². The van der Waals surface area contributed by atoms with Gasteiger partial charge in [0.2, 0.25) is 0 Å². The second-order valence-electron chi connectivity index (χ2n) is 3.14. The Balaban J connectivity index is 3.04. The number of aliphatic hydroxyl groups is 1. The van der Waals surface area contributed by atoms with Crippen molar-refractivity contribution >= 4 is 0 Å². The van der Waals surface area contributed by atoms with Crippen LogP contribution in [0.3, 0.4) is 0 Å². The highest BCUT2D eigenvalue weighted by Gasteiger charge is 2.33. The van der Waals surface area contributed by atoms with E-state index in [4.69, 9.17) is 5.26 Å². The molecule has 0 amide bonds. The smallest absolute Gasteiger partial charge is 0.270 e. The minimum Gasteiger partial charge on any atom is -0.379 e. The van der Waals surface area contributed by atoms with Gasteiger partial charge in [-0.1, -0.05) is 12.1 Å². The van der Waals surface area contributed by atoms with Crippen molar-refractivity contribution in [1.82, 2.24) is 0 Å². The Kier molecular flexibility index (Phi) is 2.82. The number of alkyl halides is 2. The first kappa shape index (κ1) is 10.6. The molecule has 0 aliphatic heterocycles. The molecule has 0 saturated carbocycles. The lowest BCUT2D eigenvalue weighted by Gasteiger charge is -2.22. The maximum atomic E-state index is 12.4. The molecule has 0 spiro atoms. The van der Waals surface area contributed by atoms with Crippen LogP contribution in [0, 0.1) is 11.3 Å². The third-order valence-corrected chi connectivity index (χ3v) is 2.02. The molecule has 0 aliphatic rings. The van der Waals surface area contributed by atoms with Crippen molar-refractivity contribution in [2.45, 2.75) is 19.0 Å². The van der Waals surface area contributed by atoms with Crippen LogP contribution in [-0.2, 0) is 5.60 Å². The minimum atomic E-state index is -2.85. The van der Waals surface area contributed by atoms with E-state index < -0.39 is 12.0 Å². The molecule has 1 aromatic rings. The Morgan fingerprint density at radius 3 is 2.21 bits per heavy atom. The Labute approximate surface area is 80.4 Å². The molecular weight excluding hydrogens is 188 g/mol. The molecule has 2 nitrogen and oxygen atoms in total. The van der Waals surface area contributed by atoms with E-state index in [1.54, 1.807) is 0 Å². The topological polar surface area (TPSA) is 44.0 Å². The first-order valence-corrected chi connectivity index (χ1v) is 3.99. The summed E-state index contributed by atoms with van der Waals surface area (Å²) in [6, 6.07) is 7.30.